The minimum absolute atomic E-state index is 0.126. The van der Waals surface area contributed by atoms with E-state index < -0.39 is 0 Å². The van der Waals surface area contributed by atoms with Crippen molar-refractivity contribution in [1.82, 2.24) is 10.2 Å². The van der Waals surface area contributed by atoms with Crippen molar-refractivity contribution in [1.29, 1.82) is 0 Å². The number of hydrogen-bond donors (Lipinski definition) is 2. The molecule has 0 saturated heterocycles. The van der Waals surface area contributed by atoms with Gasteiger partial charge in [-0.25, -0.2) is 0 Å². The number of methoxy groups -OCH3 is 1. The predicted octanol–water partition coefficient (Wildman–Crippen LogP) is 4.24. The summed E-state index contributed by atoms with van der Waals surface area (Å²) in [6, 6.07) is 13.0. The number of nitrogens with zero attached hydrogens (tertiary/aromatic N) is 1. The Morgan fingerprint density at radius 2 is 2.00 bits per heavy atom. The highest BCUT2D eigenvalue weighted by Crippen LogP contribution is 2.39. The molecule has 1 aliphatic rings. The molecule has 2 aromatic rings. The Hall–Kier alpha value is -2.77. The summed E-state index contributed by atoms with van der Waals surface area (Å²) >= 11 is 1.39. The van der Waals surface area contributed by atoms with Crippen molar-refractivity contribution in [3.63, 3.8) is 0 Å². The predicted molar refractivity (Wildman–Crippen MR) is 127 cm³/mol. The number of carbonyl (C=O) groups excluding carboxylic acids is 2. The van der Waals surface area contributed by atoms with Crippen molar-refractivity contribution in [2.24, 2.45) is 0 Å². The molecule has 0 radical (unpaired) electrons. The van der Waals surface area contributed by atoms with Crippen LogP contribution in [-0.2, 0) is 4.79 Å². The number of amides is 2. The van der Waals surface area contributed by atoms with Crippen LogP contribution in [0.25, 0.3) is 6.08 Å². The lowest BCUT2D eigenvalue weighted by molar-refractivity contribution is -0.112. The SMILES string of the molecule is CCN(CC)CCCNC(=O)c1ccc2c(c1)NC(=O)/C(=C\c1cccc(OC)c1)S2. The van der Waals surface area contributed by atoms with E-state index in [2.05, 4.69) is 29.4 Å². The number of carbonyl (C=O) groups is 2. The summed E-state index contributed by atoms with van der Waals surface area (Å²) in [5.41, 5.74) is 2.09. The zero-order chi connectivity index (χ0) is 22.2. The molecule has 0 aromatic heterocycles. The van der Waals surface area contributed by atoms with E-state index >= 15 is 0 Å². The maximum Gasteiger partial charge on any atom is 0.262 e. The normalized spacial score (nSPS) is 14.3. The van der Waals surface area contributed by atoms with Crippen LogP contribution in [-0.4, -0.2) is 50.0 Å². The third-order valence-corrected chi connectivity index (χ3v) is 6.26. The topological polar surface area (TPSA) is 70.7 Å². The number of thioether (sulfide) groups is 1. The van der Waals surface area contributed by atoms with Crippen molar-refractivity contribution < 1.29 is 14.3 Å². The molecule has 164 valence electrons. The van der Waals surface area contributed by atoms with Gasteiger partial charge in [-0.1, -0.05) is 37.7 Å². The van der Waals surface area contributed by atoms with Crippen LogP contribution in [0.5, 0.6) is 5.75 Å². The number of fused-ring (bicyclic) bond motifs is 1. The Bertz CT molecular complexity index is 970. The third kappa shape index (κ3) is 6.12. The Balaban J connectivity index is 1.64. The molecule has 6 nitrogen and oxygen atoms in total. The fourth-order valence-electron chi connectivity index (χ4n) is 3.33. The highest BCUT2D eigenvalue weighted by molar-refractivity contribution is 8.04. The van der Waals surface area contributed by atoms with Gasteiger partial charge in [0.2, 0.25) is 0 Å². The van der Waals surface area contributed by atoms with E-state index in [-0.39, 0.29) is 11.8 Å². The second kappa shape index (κ2) is 11.0. The van der Waals surface area contributed by atoms with E-state index in [0.717, 1.165) is 42.3 Å². The molecule has 2 N–H and O–H groups in total. The van der Waals surface area contributed by atoms with Gasteiger partial charge < -0.3 is 20.3 Å². The van der Waals surface area contributed by atoms with Crippen molar-refractivity contribution in [3.05, 3.63) is 58.5 Å². The minimum atomic E-state index is -0.183. The average Bonchev–Trinajstić information content (AvgIpc) is 2.79. The van der Waals surface area contributed by atoms with Gasteiger partial charge in [0, 0.05) is 17.0 Å². The van der Waals surface area contributed by atoms with Crippen molar-refractivity contribution in [3.8, 4) is 5.75 Å². The van der Waals surface area contributed by atoms with Gasteiger partial charge in [-0.05, 0) is 68.0 Å². The van der Waals surface area contributed by atoms with E-state index in [1.165, 1.54) is 11.8 Å². The Labute approximate surface area is 188 Å². The van der Waals surface area contributed by atoms with Crippen molar-refractivity contribution in [2.45, 2.75) is 25.2 Å². The zero-order valence-electron chi connectivity index (χ0n) is 18.2. The molecular weight excluding hydrogens is 410 g/mol. The molecule has 31 heavy (non-hydrogen) atoms. The number of benzene rings is 2. The largest absolute Gasteiger partial charge is 0.497 e. The van der Waals surface area contributed by atoms with Crippen LogP contribution in [0, 0.1) is 0 Å². The van der Waals surface area contributed by atoms with Crippen LogP contribution in [0.1, 0.15) is 36.2 Å². The summed E-state index contributed by atoms with van der Waals surface area (Å²) in [4.78, 5) is 28.9. The van der Waals surface area contributed by atoms with E-state index in [1.54, 1.807) is 19.2 Å². The van der Waals surface area contributed by atoms with Gasteiger partial charge in [0.15, 0.2) is 0 Å². The van der Waals surface area contributed by atoms with Crippen molar-refractivity contribution >= 4 is 35.3 Å². The molecule has 0 aliphatic carbocycles. The number of anilines is 1. The molecule has 2 amide bonds. The van der Waals surface area contributed by atoms with Crippen LogP contribution in [0.3, 0.4) is 0 Å². The number of ether oxygens (including phenoxy) is 1. The van der Waals surface area contributed by atoms with E-state index in [1.807, 2.05) is 36.4 Å². The zero-order valence-corrected chi connectivity index (χ0v) is 19.1. The second-order valence-corrected chi connectivity index (χ2v) is 8.27. The molecule has 2 aromatic carbocycles. The van der Waals surface area contributed by atoms with Gasteiger partial charge in [0.25, 0.3) is 11.8 Å². The van der Waals surface area contributed by atoms with Gasteiger partial charge in [-0.15, -0.1) is 0 Å². The maximum atomic E-state index is 12.6. The van der Waals surface area contributed by atoms with Crippen LogP contribution < -0.4 is 15.4 Å². The van der Waals surface area contributed by atoms with Gasteiger partial charge in [0.1, 0.15) is 5.75 Å². The fourth-order valence-corrected chi connectivity index (χ4v) is 4.26. The first-order chi connectivity index (χ1) is 15.0. The Kier molecular flexibility index (Phi) is 8.14. The van der Waals surface area contributed by atoms with Crippen LogP contribution in [0.15, 0.2) is 52.3 Å². The lowest BCUT2D eigenvalue weighted by atomic mass is 10.1. The molecule has 1 heterocycles. The average molecular weight is 440 g/mol. The summed E-state index contributed by atoms with van der Waals surface area (Å²) < 4.78 is 5.24. The van der Waals surface area contributed by atoms with E-state index in [0.29, 0.717) is 22.7 Å². The highest BCUT2D eigenvalue weighted by Gasteiger charge is 2.22. The lowest BCUT2D eigenvalue weighted by Crippen LogP contribution is -2.30. The summed E-state index contributed by atoms with van der Waals surface area (Å²) in [6.07, 6.45) is 2.74. The highest BCUT2D eigenvalue weighted by atomic mass is 32.2. The molecule has 3 rings (SSSR count). The first-order valence-corrected chi connectivity index (χ1v) is 11.3. The molecule has 7 heteroatoms. The molecule has 0 spiro atoms. The second-order valence-electron chi connectivity index (χ2n) is 7.19. The number of nitrogens with one attached hydrogen (secondary N) is 2. The summed E-state index contributed by atoms with van der Waals surface area (Å²) in [5.74, 6) is 0.431. The van der Waals surface area contributed by atoms with Gasteiger partial charge in [-0.3, -0.25) is 9.59 Å². The Morgan fingerprint density at radius 1 is 1.19 bits per heavy atom. The quantitative estimate of drug-likeness (QED) is 0.452. The van der Waals surface area contributed by atoms with Crippen LogP contribution in [0.4, 0.5) is 5.69 Å². The summed E-state index contributed by atoms with van der Waals surface area (Å²) in [7, 11) is 1.61. The molecular formula is C24H29N3O3S. The first-order valence-electron chi connectivity index (χ1n) is 10.5. The third-order valence-electron chi connectivity index (χ3n) is 5.16. The van der Waals surface area contributed by atoms with Gasteiger partial charge in [0.05, 0.1) is 17.7 Å². The molecule has 0 unspecified atom stereocenters. The maximum absolute atomic E-state index is 12.6. The molecule has 0 saturated carbocycles. The Morgan fingerprint density at radius 3 is 2.74 bits per heavy atom. The number of rotatable bonds is 9. The number of hydrogen-bond acceptors (Lipinski definition) is 5. The monoisotopic (exact) mass is 439 g/mol. The van der Waals surface area contributed by atoms with E-state index in [9.17, 15) is 9.59 Å². The smallest absolute Gasteiger partial charge is 0.262 e. The van der Waals surface area contributed by atoms with Crippen LogP contribution >= 0.6 is 11.8 Å². The molecule has 1 aliphatic heterocycles. The molecule has 0 atom stereocenters. The van der Waals surface area contributed by atoms with Crippen LogP contribution in [0.2, 0.25) is 0 Å². The standard InChI is InChI=1S/C24H29N3O3S/c1-4-27(5-2)13-7-12-25-23(28)18-10-11-21-20(16-18)26-24(29)22(31-21)15-17-8-6-9-19(14-17)30-3/h6,8-11,14-16H,4-5,7,12-13H2,1-3H3,(H,25,28)(H,26,29)/b22-15+. The molecule has 0 bridgehead atoms. The van der Waals surface area contributed by atoms with E-state index in [4.69, 9.17) is 4.74 Å². The summed E-state index contributed by atoms with van der Waals surface area (Å²) in [6.45, 7) is 7.90. The minimum Gasteiger partial charge on any atom is -0.497 e. The van der Waals surface area contributed by atoms with Gasteiger partial charge >= 0.3 is 0 Å². The lowest BCUT2D eigenvalue weighted by Gasteiger charge is -2.20. The summed E-state index contributed by atoms with van der Waals surface area (Å²) in [5, 5.41) is 5.87. The molecule has 0 fully saturated rings. The fraction of sp³-hybridized carbons (Fsp3) is 0.333. The van der Waals surface area contributed by atoms with Gasteiger partial charge in [-0.2, -0.15) is 0 Å². The first kappa shape index (κ1) is 22.9. The van der Waals surface area contributed by atoms with Crippen molar-refractivity contribution in [2.75, 3.05) is 38.6 Å².